The van der Waals surface area contributed by atoms with Crippen molar-refractivity contribution in [1.82, 2.24) is 9.80 Å². The number of fused-ring (bicyclic) bond motifs is 4. The van der Waals surface area contributed by atoms with E-state index in [9.17, 15) is 15.0 Å². The van der Waals surface area contributed by atoms with Gasteiger partial charge in [-0.2, -0.15) is 0 Å². The van der Waals surface area contributed by atoms with Crippen LogP contribution in [0.4, 0.5) is 5.69 Å². The Hall–Kier alpha value is -2.29. The van der Waals surface area contributed by atoms with E-state index in [2.05, 4.69) is 31.0 Å². The Morgan fingerprint density at radius 2 is 1.94 bits per heavy atom. The molecule has 36 heavy (non-hydrogen) atoms. The molecule has 0 aliphatic carbocycles. The van der Waals surface area contributed by atoms with Crippen molar-refractivity contribution in [3.05, 3.63) is 30.0 Å². The summed E-state index contributed by atoms with van der Waals surface area (Å²) in [7, 11) is 1.84. The summed E-state index contributed by atoms with van der Waals surface area (Å²) >= 11 is 0. The van der Waals surface area contributed by atoms with Gasteiger partial charge in [0.25, 0.3) is 0 Å². The normalized spacial score (nSPS) is 35.6. The number of nitrogens with one attached hydrogen (secondary N) is 1. The largest absolute Gasteiger partial charge is 0.480 e. The summed E-state index contributed by atoms with van der Waals surface area (Å²) in [5, 5.41) is 26.0. The SMILES string of the molecule is CN1C(=O)[C@@H]2N(CCC[C@@]2(C)O)C[C@H]1C[C@@]1(C(C)(C)C)c2ccc3c(c2NC1O)OC=CC(C)(C)O3. The number of piperazine rings is 1. The van der Waals surface area contributed by atoms with Crippen molar-refractivity contribution in [2.75, 3.05) is 25.5 Å². The van der Waals surface area contributed by atoms with Crippen LogP contribution in [0.2, 0.25) is 0 Å². The number of carbonyl (C=O) groups is 1. The van der Waals surface area contributed by atoms with Crippen molar-refractivity contribution in [1.29, 1.82) is 0 Å². The van der Waals surface area contributed by atoms with Gasteiger partial charge in [0.15, 0.2) is 11.5 Å². The highest BCUT2D eigenvalue weighted by molar-refractivity contribution is 5.84. The van der Waals surface area contributed by atoms with Gasteiger partial charge in [0.2, 0.25) is 5.91 Å². The predicted octanol–water partition coefficient (Wildman–Crippen LogP) is 3.22. The van der Waals surface area contributed by atoms with Gasteiger partial charge in [0.1, 0.15) is 17.9 Å². The van der Waals surface area contributed by atoms with Crippen LogP contribution in [0.15, 0.2) is 24.5 Å². The van der Waals surface area contributed by atoms with Crippen LogP contribution in [0.25, 0.3) is 0 Å². The molecule has 0 aromatic heterocycles. The Kier molecular flexibility index (Phi) is 5.71. The first-order valence-corrected chi connectivity index (χ1v) is 13.1. The van der Waals surface area contributed by atoms with E-state index >= 15 is 0 Å². The van der Waals surface area contributed by atoms with Gasteiger partial charge < -0.3 is 29.9 Å². The van der Waals surface area contributed by atoms with Crippen LogP contribution < -0.4 is 14.8 Å². The number of carbonyl (C=O) groups excluding carboxylic acids is 1. The molecule has 5 atom stereocenters. The van der Waals surface area contributed by atoms with Gasteiger partial charge in [-0.25, -0.2) is 0 Å². The van der Waals surface area contributed by atoms with Gasteiger partial charge in [-0.1, -0.05) is 26.8 Å². The quantitative estimate of drug-likeness (QED) is 0.575. The zero-order valence-corrected chi connectivity index (χ0v) is 22.6. The minimum absolute atomic E-state index is 0.0493. The summed E-state index contributed by atoms with van der Waals surface area (Å²) in [5.41, 5.74) is -0.903. The fraction of sp³-hybridized carbons (Fsp3) is 0.679. The number of hydrogen-bond donors (Lipinski definition) is 3. The molecule has 3 N–H and O–H groups in total. The van der Waals surface area contributed by atoms with Crippen LogP contribution in [-0.4, -0.2) is 75.6 Å². The molecule has 8 heteroatoms. The number of ether oxygens (including phenoxy) is 2. The van der Waals surface area contributed by atoms with Crippen molar-refractivity contribution in [3.63, 3.8) is 0 Å². The minimum atomic E-state index is -1.03. The molecule has 0 bridgehead atoms. The molecule has 2 saturated heterocycles. The van der Waals surface area contributed by atoms with Gasteiger partial charge in [0, 0.05) is 25.0 Å². The number of nitrogens with zero attached hydrogens (tertiary/aromatic N) is 2. The van der Waals surface area contributed by atoms with Crippen LogP contribution in [0.3, 0.4) is 0 Å². The summed E-state index contributed by atoms with van der Waals surface area (Å²) in [6.07, 6.45) is 4.68. The van der Waals surface area contributed by atoms with Crippen LogP contribution in [0.5, 0.6) is 11.5 Å². The maximum absolute atomic E-state index is 13.5. The van der Waals surface area contributed by atoms with Gasteiger partial charge in [0.05, 0.1) is 17.6 Å². The second kappa shape index (κ2) is 8.10. The Bertz CT molecular complexity index is 1090. The average Bonchev–Trinajstić information content (AvgIpc) is 2.93. The molecule has 8 nitrogen and oxygen atoms in total. The summed E-state index contributed by atoms with van der Waals surface area (Å²) in [6.45, 7) is 13.6. The molecule has 5 rings (SSSR count). The van der Waals surface area contributed by atoms with Crippen LogP contribution in [0.1, 0.15) is 66.4 Å². The van der Waals surface area contributed by atoms with E-state index in [1.54, 1.807) is 18.1 Å². The molecule has 1 aromatic rings. The molecule has 1 unspecified atom stereocenters. The first-order valence-electron chi connectivity index (χ1n) is 13.1. The highest BCUT2D eigenvalue weighted by Gasteiger charge is 2.58. The fourth-order valence-electron chi connectivity index (χ4n) is 6.87. The number of aliphatic hydroxyl groups excluding tert-OH is 1. The molecule has 0 radical (unpaired) electrons. The summed E-state index contributed by atoms with van der Waals surface area (Å²) < 4.78 is 12.2. The van der Waals surface area contributed by atoms with Gasteiger partial charge >= 0.3 is 0 Å². The van der Waals surface area contributed by atoms with E-state index < -0.39 is 28.9 Å². The third-order valence-corrected chi connectivity index (χ3v) is 8.93. The van der Waals surface area contributed by atoms with Gasteiger partial charge in [-0.3, -0.25) is 9.69 Å². The average molecular weight is 500 g/mol. The van der Waals surface area contributed by atoms with Crippen LogP contribution in [0, 0.1) is 5.41 Å². The van der Waals surface area contributed by atoms with Crippen LogP contribution >= 0.6 is 0 Å². The predicted molar refractivity (Wildman–Crippen MR) is 138 cm³/mol. The second-order valence-corrected chi connectivity index (χ2v) is 12.9. The zero-order chi connectivity index (χ0) is 26.3. The first-order chi connectivity index (χ1) is 16.7. The molecule has 0 spiro atoms. The number of piperidine rings is 1. The van der Waals surface area contributed by atoms with E-state index in [1.165, 1.54) is 0 Å². The van der Waals surface area contributed by atoms with E-state index in [1.807, 2.05) is 39.1 Å². The lowest BCUT2D eigenvalue weighted by atomic mass is 9.59. The molecule has 1 amide bonds. The van der Waals surface area contributed by atoms with Gasteiger partial charge in [-0.05, 0) is 69.7 Å². The van der Waals surface area contributed by atoms with E-state index in [0.29, 0.717) is 30.9 Å². The number of amides is 1. The lowest BCUT2D eigenvalue weighted by molar-refractivity contribution is -0.165. The highest BCUT2D eigenvalue weighted by atomic mass is 16.5. The molecule has 4 heterocycles. The Balaban J connectivity index is 1.55. The van der Waals surface area contributed by atoms with Crippen molar-refractivity contribution >= 4 is 11.6 Å². The highest BCUT2D eigenvalue weighted by Crippen LogP contribution is 2.58. The molecular weight excluding hydrogens is 458 g/mol. The van der Waals surface area contributed by atoms with E-state index in [-0.39, 0.29) is 17.4 Å². The fourth-order valence-corrected chi connectivity index (χ4v) is 6.87. The van der Waals surface area contributed by atoms with E-state index in [0.717, 1.165) is 24.2 Å². The minimum Gasteiger partial charge on any atom is -0.480 e. The summed E-state index contributed by atoms with van der Waals surface area (Å²) in [6, 6.07) is 3.32. The zero-order valence-electron chi connectivity index (χ0n) is 22.6. The monoisotopic (exact) mass is 499 g/mol. The maximum Gasteiger partial charge on any atom is 0.242 e. The number of rotatable bonds is 2. The molecule has 0 saturated carbocycles. The third kappa shape index (κ3) is 3.72. The van der Waals surface area contributed by atoms with Crippen molar-refractivity contribution in [2.45, 2.75) is 95.7 Å². The van der Waals surface area contributed by atoms with Gasteiger partial charge in [-0.15, -0.1) is 0 Å². The summed E-state index contributed by atoms with van der Waals surface area (Å²) in [4.78, 5) is 17.5. The number of aliphatic hydroxyl groups is 2. The Labute approximate surface area is 214 Å². The second-order valence-electron chi connectivity index (χ2n) is 12.9. The molecule has 1 aromatic carbocycles. The molecule has 198 valence electrons. The maximum atomic E-state index is 13.5. The standard InChI is InChI=1S/C28H41N3O5/c1-25(2,3)28(15-17-16-31-13-8-11-27(6,34)22(31)23(32)30(17)7)18-9-10-19-21(20(18)29-24(28)33)35-14-12-26(4,5)36-19/h9-10,12,14,17,22,24,29,33-34H,8,11,13,15-16H2,1-7H3/t17-,22+,24?,27-,28-/m1/s1. The molecule has 2 fully saturated rings. The number of anilines is 1. The summed E-state index contributed by atoms with van der Waals surface area (Å²) in [5.74, 6) is 1.14. The number of benzene rings is 1. The Morgan fingerprint density at radius 3 is 2.64 bits per heavy atom. The lowest BCUT2D eigenvalue weighted by Crippen LogP contribution is -2.70. The van der Waals surface area contributed by atoms with Crippen molar-refractivity contribution < 1.29 is 24.5 Å². The van der Waals surface area contributed by atoms with Crippen molar-refractivity contribution in [2.24, 2.45) is 5.41 Å². The van der Waals surface area contributed by atoms with Crippen molar-refractivity contribution in [3.8, 4) is 11.5 Å². The molecular formula is C28H41N3O5. The van der Waals surface area contributed by atoms with E-state index in [4.69, 9.17) is 9.47 Å². The molecule has 4 aliphatic rings. The van der Waals surface area contributed by atoms with Crippen LogP contribution in [-0.2, 0) is 10.2 Å². The first kappa shape index (κ1) is 25.4. The molecule has 4 aliphatic heterocycles. The topological polar surface area (TPSA) is 94.5 Å². The smallest absolute Gasteiger partial charge is 0.242 e. The number of likely N-dealkylation sites (N-methyl/N-ethyl adjacent to an activating group) is 1. The third-order valence-electron chi connectivity index (χ3n) is 8.93. The Morgan fingerprint density at radius 1 is 1.22 bits per heavy atom. The lowest BCUT2D eigenvalue weighted by Gasteiger charge is -2.54. The number of hydrogen-bond acceptors (Lipinski definition) is 7.